The molecule has 1 aliphatic rings. The topological polar surface area (TPSA) is 32.3 Å². The molecule has 0 aromatic heterocycles. The molecule has 2 rings (SSSR count). The highest BCUT2D eigenvalue weighted by molar-refractivity contribution is 5.21. The number of hydrogen-bond acceptors (Lipinski definition) is 2. The third kappa shape index (κ3) is 1.97. The van der Waals surface area contributed by atoms with E-state index in [9.17, 15) is 5.11 Å². The predicted molar refractivity (Wildman–Crippen MR) is 57.3 cm³/mol. The molecule has 2 N–H and O–H groups in total. The van der Waals surface area contributed by atoms with E-state index < -0.39 is 0 Å². The molecular formula is C12H17NO. The van der Waals surface area contributed by atoms with Crippen molar-refractivity contribution in [3.8, 4) is 0 Å². The van der Waals surface area contributed by atoms with Gasteiger partial charge in [-0.2, -0.15) is 0 Å². The summed E-state index contributed by atoms with van der Waals surface area (Å²) in [4.78, 5) is 0. The zero-order valence-electron chi connectivity index (χ0n) is 8.32. The molecule has 0 amide bonds. The summed E-state index contributed by atoms with van der Waals surface area (Å²) in [6.07, 6.45) is 2.41. The molecule has 0 radical (unpaired) electrons. The number of benzene rings is 1. The zero-order valence-corrected chi connectivity index (χ0v) is 8.32. The van der Waals surface area contributed by atoms with Gasteiger partial charge in [-0.1, -0.05) is 30.3 Å². The van der Waals surface area contributed by atoms with Crippen molar-refractivity contribution in [1.82, 2.24) is 5.32 Å². The molecule has 0 bridgehead atoms. The molecule has 1 saturated heterocycles. The summed E-state index contributed by atoms with van der Waals surface area (Å²) in [6.45, 7) is 1.33. The number of nitrogens with one attached hydrogen (secondary N) is 1. The van der Waals surface area contributed by atoms with E-state index in [0.717, 1.165) is 6.54 Å². The van der Waals surface area contributed by atoms with E-state index in [1.165, 1.54) is 18.4 Å². The van der Waals surface area contributed by atoms with Gasteiger partial charge in [0, 0.05) is 12.0 Å². The molecule has 14 heavy (non-hydrogen) atoms. The van der Waals surface area contributed by atoms with Crippen molar-refractivity contribution < 1.29 is 5.11 Å². The van der Waals surface area contributed by atoms with Gasteiger partial charge in [0.05, 0.1) is 6.61 Å². The van der Waals surface area contributed by atoms with Crippen LogP contribution in [0.1, 0.15) is 24.3 Å². The predicted octanol–water partition coefficient (Wildman–Crippen LogP) is 1.51. The van der Waals surface area contributed by atoms with Gasteiger partial charge in [0.15, 0.2) is 0 Å². The Kier molecular flexibility index (Phi) is 3.17. The first-order chi connectivity index (χ1) is 6.92. The van der Waals surface area contributed by atoms with Crippen LogP contribution in [0.15, 0.2) is 30.3 Å². The van der Waals surface area contributed by atoms with Crippen LogP contribution in [-0.4, -0.2) is 24.3 Å². The van der Waals surface area contributed by atoms with Crippen LogP contribution in [0.3, 0.4) is 0 Å². The van der Waals surface area contributed by atoms with Crippen LogP contribution in [-0.2, 0) is 0 Å². The molecular weight excluding hydrogens is 174 g/mol. The summed E-state index contributed by atoms with van der Waals surface area (Å²) < 4.78 is 0. The van der Waals surface area contributed by atoms with Gasteiger partial charge in [-0.15, -0.1) is 0 Å². The SMILES string of the molecule is OC[C@H](c1ccccc1)[C@@H]1CCCN1. The minimum Gasteiger partial charge on any atom is -0.396 e. The Balaban J connectivity index is 2.12. The van der Waals surface area contributed by atoms with Crippen LogP contribution in [0, 0.1) is 0 Å². The Morgan fingerprint density at radius 3 is 2.71 bits per heavy atom. The van der Waals surface area contributed by atoms with Gasteiger partial charge in [-0.05, 0) is 24.9 Å². The number of aliphatic hydroxyl groups excluding tert-OH is 1. The van der Waals surface area contributed by atoms with Crippen LogP contribution in [0.4, 0.5) is 0 Å². The van der Waals surface area contributed by atoms with Gasteiger partial charge < -0.3 is 10.4 Å². The Morgan fingerprint density at radius 2 is 2.14 bits per heavy atom. The second-order valence-electron chi connectivity index (χ2n) is 3.90. The van der Waals surface area contributed by atoms with Gasteiger partial charge in [0.2, 0.25) is 0 Å². The third-order valence-electron chi connectivity index (χ3n) is 3.01. The molecule has 0 spiro atoms. The highest BCUT2D eigenvalue weighted by Gasteiger charge is 2.24. The molecule has 2 atom stereocenters. The van der Waals surface area contributed by atoms with Gasteiger partial charge in [0.25, 0.3) is 0 Å². The molecule has 1 heterocycles. The van der Waals surface area contributed by atoms with Gasteiger partial charge in [-0.3, -0.25) is 0 Å². The fourth-order valence-electron chi connectivity index (χ4n) is 2.22. The van der Waals surface area contributed by atoms with Crippen LogP contribution >= 0.6 is 0 Å². The number of aliphatic hydroxyl groups is 1. The Morgan fingerprint density at radius 1 is 1.36 bits per heavy atom. The first kappa shape index (κ1) is 9.69. The van der Waals surface area contributed by atoms with Gasteiger partial charge in [0.1, 0.15) is 0 Å². The fourth-order valence-corrected chi connectivity index (χ4v) is 2.22. The van der Waals surface area contributed by atoms with E-state index in [1.54, 1.807) is 0 Å². The minimum absolute atomic E-state index is 0.238. The lowest BCUT2D eigenvalue weighted by Crippen LogP contribution is -2.30. The van der Waals surface area contributed by atoms with Gasteiger partial charge in [-0.25, -0.2) is 0 Å². The molecule has 2 nitrogen and oxygen atoms in total. The van der Waals surface area contributed by atoms with Crippen LogP contribution in [0.25, 0.3) is 0 Å². The van der Waals surface area contributed by atoms with E-state index in [4.69, 9.17) is 0 Å². The largest absolute Gasteiger partial charge is 0.396 e. The summed E-state index contributed by atoms with van der Waals surface area (Å²) in [5, 5.41) is 12.8. The van der Waals surface area contributed by atoms with Crippen molar-refractivity contribution in [2.45, 2.75) is 24.8 Å². The van der Waals surface area contributed by atoms with E-state index in [2.05, 4.69) is 17.4 Å². The maximum Gasteiger partial charge on any atom is 0.0514 e. The van der Waals surface area contributed by atoms with E-state index >= 15 is 0 Å². The lowest BCUT2D eigenvalue weighted by atomic mass is 9.91. The Bertz CT molecular complexity index is 267. The van der Waals surface area contributed by atoms with E-state index in [-0.39, 0.29) is 12.5 Å². The van der Waals surface area contributed by atoms with Crippen molar-refractivity contribution >= 4 is 0 Å². The van der Waals surface area contributed by atoms with Crippen molar-refractivity contribution in [2.24, 2.45) is 0 Å². The first-order valence-electron chi connectivity index (χ1n) is 5.31. The third-order valence-corrected chi connectivity index (χ3v) is 3.01. The summed E-state index contributed by atoms with van der Waals surface area (Å²) >= 11 is 0. The Hall–Kier alpha value is -0.860. The monoisotopic (exact) mass is 191 g/mol. The summed E-state index contributed by atoms with van der Waals surface area (Å²) in [7, 11) is 0. The molecule has 2 heteroatoms. The average molecular weight is 191 g/mol. The summed E-state index contributed by atoms with van der Waals surface area (Å²) in [5.41, 5.74) is 1.24. The molecule has 1 aromatic carbocycles. The van der Waals surface area contributed by atoms with Crippen LogP contribution < -0.4 is 5.32 Å². The normalized spacial score (nSPS) is 23.6. The maximum atomic E-state index is 9.40. The van der Waals surface area contributed by atoms with Gasteiger partial charge >= 0.3 is 0 Å². The summed E-state index contributed by atoms with van der Waals surface area (Å²) in [6, 6.07) is 10.7. The number of rotatable bonds is 3. The molecule has 1 aromatic rings. The molecule has 0 saturated carbocycles. The van der Waals surface area contributed by atoms with Crippen LogP contribution in [0.5, 0.6) is 0 Å². The highest BCUT2D eigenvalue weighted by atomic mass is 16.3. The fraction of sp³-hybridized carbons (Fsp3) is 0.500. The van der Waals surface area contributed by atoms with Crippen molar-refractivity contribution in [3.63, 3.8) is 0 Å². The maximum absolute atomic E-state index is 9.40. The summed E-state index contributed by atoms with van der Waals surface area (Å²) in [5.74, 6) is 0.263. The zero-order chi connectivity index (χ0) is 9.80. The van der Waals surface area contributed by atoms with Crippen molar-refractivity contribution in [1.29, 1.82) is 0 Å². The Labute approximate surface area is 85.0 Å². The standard InChI is InChI=1S/C12H17NO/c14-9-11(12-7-4-8-13-12)10-5-2-1-3-6-10/h1-3,5-6,11-14H,4,7-9H2/t11-,12+/m1/s1. The highest BCUT2D eigenvalue weighted by Crippen LogP contribution is 2.24. The van der Waals surface area contributed by atoms with E-state index in [1.807, 2.05) is 18.2 Å². The second kappa shape index (κ2) is 4.58. The quantitative estimate of drug-likeness (QED) is 0.759. The lowest BCUT2D eigenvalue weighted by molar-refractivity contribution is 0.242. The second-order valence-corrected chi connectivity index (χ2v) is 3.90. The minimum atomic E-state index is 0.238. The average Bonchev–Trinajstić information content (AvgIpc) is 2.74. The smallest absolute Gasteiger partial charge is 0.0514 e. The lowest BCUT2D eigenvalue weighted by Gasteiger charge is -2.21. The van der Waals surface area contributed by atoms with E-state index in [0.29, 0.717) is 6.04 Å². The molecule has 76 valence electrons. The molecule has 0 unspecified atom stereocenters. The molecule has 0 aliphatic carbocycles. The molecule has 1 aliphatic heterocycles. The number of hydrogen-bond donors (Lipinski definition) is 2. The molecule has 1 fully saturated rings. The van der Waals surface area contributed by atoms with Crippen molar-refractivity contribution in [2.75, 3.05) is 13.2 Å². The van der Waals surface area contributed by atoms with Crippen molar-refractivity contribution in [3.05, 3.63) is 35.9 Å². The van der Waals surface area contributed by atoms with Crippen LogP contribution in [0.2, 0.25) is 0 Å². The first-order valence-corrected chi connectivity index (χ1v) is 5.31.